The lowest BCUT2D eigenvalue weighted by Crippen LogP contribution is -2.39. The van der Waals surface area contributed by atoms with Crippen molar-refractivity contribution >= 4 is 34.0 Å². The molecule has 3 N–H and O–H groups in total. The van der Waals surface area contributed by atoms with E-state index in [1.165, 1.54) is 12.1 Å². The first-order valence-electron chi connectivity index (χ1n) is 15.0. The second-order valence-electron chi connectivity index (χ2n) is 11.0. The summed E-state index contributed by atoms with van der Waals surface area (Å²) in [5, 5.41) is 7.50. The van der Waals surface area contributed by atoms with Gasteiger partial charge < -0.3 is 20.2 Å². The highest BCUT2D eigenvalue weighted by atomic mass is 32.1. The Morgan fingerprint density at radius 3 is 2.11 bits per heavy atom. The molecule has 6 aromatic rings. The fraction of sp³-hybridized carbons (Fsp3) is 0.162. The van der Waals surface area contributed by atoms with Crippen molar-refractivity contribution < 1.29 is 9.18 Å². The summed E-state index contributed by atoms with van der Waals surface area (Å²) in [6.45, 7) is 0.757. The molecule has 8 heteroatoms. The lowest BCUT2D eigenvalue weighted by atomic mass is 9.77. The third kappa shape index (κ3) is 6.56. The molecule has 0 amide bonds. The van der Waals surface area contributed by atoms with Crippen molar-refractivity contribution in [1.82, 2.24) is 25.2 Å². The Balaban J connectivity index is 1.08. The van der Waals surface area contributed by atoms with E-state index in [9.17, 15) is 9.18 Å². The number of halogens is 1. The standard InChI is InChI=1S/C37H34FN5OS/c38-31-18-19-34-27(23-40-35(34)22-31)21-33(44)24-41-36(45)39-20-10-17-32-25-43(26-42-32)37(28-11-4-1-5-12-28,29-13-6-2-7-14-29)30-15-8-3-9-16-30/h1-9,11-16,18-19,22-23,25-26,40H,10,17,20-21,24H2,(H2,39,41,45). The normalized spacial score (nSPS) is 11.4. The number of rotatable bonds is 12. The van der Waals surface area contributed by atoms with Gasteiger partial charge in [-0.15, -0.1) is 0 Å². The quantitative estimate of drug-likeness (QED) is 0.0827. The highest BCUT2D eigenvalue weighted by Crippen LogP contribution is 2.40. The van der Waals surface area contributed by atoms with Crippen LogP contribution in [0.25, 0.3) is 10.9 Å². The number of hydrogen-bond donors (Lipinski definition) is 3. The summed E-state index contributed by atoms with van der Waals surface area (Å²) in [6.07, 6.45) is 7.63. The molecule has 6 rings (SSSR count). The highest BCUT2D eigenvalue weighted by Gasteiger charge is 2.38. The van der Waals surface area contributed by atoms with Crippen molar-refractivity contribution in [3.63, 3.8) is 0 Å². The molecule has 0 saturated carbocycles. The third-order valence-corrected chi connectivity index (χ3v) is 8.35. The number of benzene rings is 4. The topological polar surface area (TPSA) is 74.7 Å². The summed E-state index contributed by atoms with van der Waals surface area (Å²) in [7, 11) is 0. The van der Waals surface area contributed by atoms with Crippen LogP contribution in [-0.4, -0.2) is 38.5 Å². The number of aromatic amines is 1. The largest absolute Gasteiger partial charge is 0.363 e. The summed E-state index contributed by atoms with van der Waals surface area (Å²) in [5.74, 6) is -0.318. The molecule has 0 fully saturated rings. The van der Waals surface area contributed by atoms with E-state index in [4.69, 9.17) is 17.2 Å². The third-order valence-electron chi connectivity index (χ3n) is 8.06. The predicted molar refractivity (Wildman–Crippen MR) is 181 cm³/mol. The van der Waals surface area contributed by atoms with E-state index in [2.05, 4.69) is 99.2 Å². The first-order chi connectivity index (χ1) is 22.0. The van der Waals surface area contributed by atoms with Crippen molar-refractivity contribution in [2.24, 2.45) is 0 Å². The van der Waals surface area contributed by atoms with Gasteiger partial charge in [0.15, 0.2) is 10.9 Å². The van der Waals surface area contributed by atoms with Crippen LogP contribution in [0.5, 0.6) is 0 Å². The number of aryl methyl sites for hydroxylation is 1. The average Bonchev–Trinajstić information content (AvgIpc) is 3.71. The average molecular weight is 616 g/mol. The summed E-state index contributed by atoms with van der Waals surface area (Å²) < 4.78 is 15.7. The molecule has 0 bridgehead atoms. The number of imidazole rings is 1. The Labute approximate surface area is 267 Å². The number of hydrogen-bond acceptors (Lipinski definition) is 3. The zero-order valence-corrected chi connectivity index (χ0v) is 25.6. The van der Waals surface area contributed by atoms with Crippen LogP contribution < -0.4 is 10.6 Å². The van der Waals surface area contributed by atoms with Crippen molar-refractivity contribution in [2.45, 2.75) is 24.8 Å². The Hall–Kier alpha value is -5.08. The van der Waals surface area contributed by atoms with Crippen molar-refractivity contribution in [3.8, 4) is 0 Å². The fourth-order valence-corrected chi connectivity index (χ4v) is 6.13. The molecule has 0 radical (unpaired) electrons. The van der Waals surface area contributed by atoms with Crippen LogP contribution in [0.3, 0.4) is 0 Å². The maximum atomic E-state index is 13.5. The fourth-order valence-electron chi connectivity index (χ4n) is 5.95. The minimum absolute atomic E-state index is 0.00588. The lowest BCUT2D eigenvalue weighted by molar-refractivity contribution is -0.117. The monoisotopic (exact) mass is 615 g/mol. The van der Waals surface area contributed by atoms with Crippen molar-refractivity contribution in [2.75, 3.05) is 13.1 Å². The van der Waals surface area contributed by atoms with Gasteiger partial charge in [0, 0.05) is 36.3 Å². The maximum Gasteiger partial charge on any atom is 0.166 e. The Kier molecular flexibility index (Phi) is 9.12. The van der Waals surface area contributed by atoms with Gasteiger partial charge in [0.05, 0.1) is 18.6 Å². The van der Waals surface area contributed by atoms with Gasteiger partial charge in [-0.3, -0.25) is 4.79 Å². The summed E-state index contributed by atoms with van der Waals surface area (Å²) >= 11 is 5.42. The SMILES string of the molecule is O=C(CNC(=S)NCCCc1cn(C(c2ccccc2)(c2ccccc2)c2ccccc2)cn1)Cc1c[nH]c2cc(F)ccc12. The molecule has 0 aliphatic heterocycles. The number of nitrogens with zero attached hydrogens (tertiary/aromatic N) is 2. The van der Waals surface area contributed by atoms with Crippen LogP contribution in [0.2, 0.25) is 0 Å². The van der Waals surface area contributed by atoms with Gasteiger partial charge in [0.25, 0.3) is 0 Å². The van der Waals surface area contributed by atoms with Gasteiger partial charge in [-0.2, -0.15) is 0 Å². The first kappa shape index (κ1) is 30.0. The van der Waals surface area contributed by atoms with E-state index in [1.807, 2.05) is 24.5 Å². The Morgan fingerprint density at radius 1 is 0.867 bits per heavy atom. The number of Topliss-reactive ketones (excluding diaryl/α,β-unsaturated/α-hetero) is 1. The van der Waals surface area contributed by atoms with Gasteiger partial charge >= 0.3 is 0 Å². The smallest absolute Gasteiger partial charge is 0.166 e. The van der Waals surface area contributed by atoms with E-state index in [-0.39, 0.29) is 24.6 Å². The van der Waals surface area contributed by atoms with E-state index in [0.717, 1.165) is 46.2 Å². The van der Waals surface area contributed by atoms with Crippen LogP contribution in [0.15, 0.2) is 128 Å². The molecule has 0 atom stereocenters. The molecule has 0 saturated heterocycles. The lowest BCUT2D eigenvalue weighted by Gasteiger charge is -2.37. The number of carbonyl (C=O) groups is 1. The van der Waals surface area contributed by atoms with Crippen LogP contribution in [0.1, 0.15) is 34.4 Å². The molecule has 0 aliphatic carbocycles. The molecule has 45 heavy (non-hydrogen) atoms. The molecular formula is C37H34FN5OS. The van der Waals surface area contributed by atoms with Gasteiger partial charge in [0.2, 0.25) is 0 Å². The molecule has 0 aliphatic rings. The zero-order chi connectivity index (χ0) is 31.1. The number of fused-ring (bicyclic) bond motifs is 1. The molecule has 0 unspecified atom stereocenters. The van der Waals surface area contributed by atoms with E-state index < -0.39 is 5.54 Å². The highest BCUT2D eigenvalue weighted by molar-refractivity contribution is 7.80. The van der Waals surface area contributed by atoms with Crippen LogP contribution in [0.4, 0.5) is 4.39 Å². The maximum absolute atomic E-state index is 13.5. The number of aromatic nitrogens is 3. The molecule has 4 aromatic carbocycles. The minimum atomic E-state index is -0.589. The molecule has 2 heterocycles. The van der Waals surface area contributed by atoms with Gasteiger partial charge in [0.1, 0.15) is 11.4 Å². The second kappa shape index (κ2) is 13.7. The molecule has 2 aromatic heterocycles. The summed E-state index contributed by atoms with van der Waals surface area (Å²) in [6, 6.07) is 36.1. The number of thiocarbonyl (C=S) groups is 1. The summed E-state index contributed by atoms with van der Waals surface area (Å²) in [5.41, 5.74) is 5.36. The van der Waals surface area contributed by atoms with Crippen LogP contribution in [-0.2, 0) is 23.2 Å². The van der Waals surface area contributed by atoms with Crippen LogP contribution >= 0.6 is 12.2 Å². The molecule has 226 valence electrons. The Bertz CT molecular complexity index is 1790. The van der Waals surface area contributed by atoms with Gasteiger partial charge in [-0.25, -0.2) is 9.37 Å². The van der Waals surface area contributed by atoms with E-state index in [0.29, 0.717) is 17.2 Å². The van der Waals surface area contributed by atoms with Gasteiger partial charge in [-0.05, 0) is 65.5 Å². The molecular weight excluding hydrogens is 582 g/mol. The van der Waals surface area contributed by atoms with E-state index >= 15 is 0 Å². The van der Waals surface area contributed by atoms with E-state index in [1.54, 1.807) is 12.3 Å². The summed E-state index contributed by atoms with van der Waals surface area (Å²) in [4.78, 5) is 20.4. The second-order valence-corrected chi connectivity index (χ2v) is 11.4. The van der Waals surface area contributed by atoms with Crippen LogP contribution in [0, 0.1) is 5.82 Å². The Morgan fingerprint density at radius 2 is 1.49 bits per heavy atom. The zero-order valence-electron chi connectivity index (χ0n) is 24.7. The minimum Gasteiger partial charge on any atom is -0.363 e. The van der Waals surface area contributed by atoms with Gasteiger partial charge in [-0.1, -0.05) is 91.0 Å². The molecule has 6 nitrogen and oxygen atoms in total. The molecule has 0 spiro atoms. The number of ketones is 1. The van der Waals surface area contributed by atoms with Crippen molar-refractivity contribution in [3.05, 3.63) is 162 Å². The number of nitrogens with one attached hydrogen (secondary N) is 3. The first-order valence-corrected chi connectivity index (χ1v) is 15.4. The number of H-pyrrole nitrogens is 1. The van der Waals surface area contributed by atoms with Crippen molar-refractivity contribution in [1.29, 1.82) is 0 Å². The number of carbonyl (C=O) groups excluding carboxylic acids is 1. The predicted octanol–water partition coefficient (Wildman–Crippen LogP) is 6.55.